The first-order valence-electron chi connectivity index (χ1n) is 7.99. The molecule has 0 spiro atoms. The minimum atomic E-state index is -0.0316. The highest BCUT2D eigenvalue weighted by Crippen LogP contribution is 2.28. The van der Waals surface area contributed by atoms with Crippen LogP contribution in [-0.4, -0.2) is 30.9 Å². The van der Waals surface area contributed by atoms with Crippen LogP contribution < -0.4 is 5.32 Å². The molecule has 1 amide bonds. The van der Waals surface area contributed by atoms with Gasteiger partial charge in [0.2, 0.25) is 5.91 Å². The van der Waals surface area contributed by atoms with E-state index in [9.17, 15) is 4.79 Å². The molecule has 124 valence electrons. The van der Waals surface area contributed by atoms with Gasteiger partial charge >= 0.3 is 0 Å². The zero-order valence-electron chi connectivity index (χ0n) is 13.3. The van der Waals surface area contributed by atoms with Crippen molar-refractivity contribution in [2.75, 3.05) is 5.32 Å². The van der Waals surface area contributed by atoms with Crippen molar-refractivity contribution in [3.05, 3.63) is 35.2 Å². The van der Waals surface area contributed by atoms with Gasteiger partial charge in [-0.1, -0.05) is 0 Å². The topological polar surface area (TPSA) is 88.5 Å². The summed E-state index contributed by atoms with van der Waals surface area (Å²) in [6.45, 7) is 2.85. The number of hydrogen-bond donors (Lipinski definition) is 2. The molecule has 1 aliphatic heterocycles. The number of anilines is 1. The summed E-state index contributed by atoms with van der Waals surface area (Å²) in [5, 5.41) is 18.1. The quantitative estimate of drug-likeness (QED) is 0.766. The van der Waals surface area contributed by atoms with E-state index < -0.39 is 0 Å². The second-order valence-electron chi connectivity index (χ2n) is 6.03. The number of rotatable bonds is 3. The molecule has 1 unspecified atom stereocenters. The van der Waals surface area contributed by atoms with Gasteiger partial charge in [-0.25, -0.2) is 0 Å². The van der Waals surface area contributed by atoms with Gasteiger partial charge in [0.1, 0.15) is 12.2 Å². The van der Waals surface area contributed by atoms with Crippen LogP contribution in [0.5, 0.6) is 0 Å². The highest BCUT2D eigenvalue weighted by Gasteiger charge is 2.23. The Morgan fingerprint density at radius 2 is 2.33 bits per heavy atom. The van der Waals surface area contributed by atoms with Crippen molar-refractivity contribution in [2.45, 2.75) is 32.7 Å². The zero-order chi connectivity index (χ0) is 16.5. The highest BCUT2D eigenvalue weighted by molar-refractivity contribution is 7.15. The van der Waals surface area contributed by atoms with Crippen LogP contribution in [0.2, 0.25) is 0 Å². The second kappa shape index (κ2) is 6.20. The van der Waals surface area contributed by atoms with E-state index in [0.29, 0.717) is 5.82 Å². The van der Waals surface area contributed by atoms with Gasteiger partial charge in [-0.2, -0.15) is 5.10 Å². The fourth-order valence-electron chi connectivity index (χ4n) is 2.98. The monoisotopic (exact) mass is 342 g/mol. The van der Waals surface area contributed by atoms with E-state index in [1.807, 2.05) is 10.6 Å². The molecule has 0 saturated carbocycles. The summed E-state index contributed by atoms with van der Waals surface area (Å²) < 4.78 is 2.03. The van der Waals surface area contributed by atoms with Crippen LogP contribution in [0.4, 0.5) is 5.82 Å². The Bertz CT molecular complexity index is 841. The van der Waals surface area contributed by atoms with Gasteiger partial charge in [0.15, 0.2) is 5.82 Å². The van der Waals surface area contributed by atoms with E-state index in [4.69, 9.17) is 0 Å². The van der Waals surface area contributed by atoms with Crippen molar-refractivity contribution in [3.63, 3.8) is 0 Å². The summed E-state index contributed by atoms with van der Waals surface area (Å²) in [6, 6.07) is 6.01. The van der Waals surface area contributed by atoms with Gasteiger partial charge in [0.05, 0.1) is 10.6 Å². The first-order valence-corrected chi connectivity index (χ1v) is 8.80. The third kappa shape index (κ3) is 2.96. The van der Waals surface area contributed by atoms with Gasteiger partial charge in [-0.15, -0.1) is 21.5 Å². The number of carbonyl (C=O) groups excluding carboxylic acids is 1. The van der Waals surface area contributed by atoms with Crippen molar-refractivity contribution < 1.29 is 4.79 Å². The maximum Gasteiger partial charge on any atom is 0.228 e. The molecule has 8 heteroatoms. The van der Waals surface area contributed by atoms with Crippen LogP contribution in [0.25, 0.3) is 10.6 Å². The van der Waals surface area contributed by atoms with Gasteiger partial charge < -0.3 is 9.88 Å². The van der Waals surface area contributed by atoms with Crippen molar-refractivity contribution in [3.8, 4) is 10.6 Å². The molecule has 1 aliphatic rings. The minimum Gasteiger partial charge on any atom is -0.318 e. The number of H-pyrrole nitrogens is 1. The Balaban J connectivity index is 1.41. The predicted octanol–water partition coefficient (Wildman–Crippen LogP) is 2.63. The summed E-state index contributed by atoms with van der Waals surface area (Å²) >= 11 is 1.70. The van der Waals surface area contributed by atoms with E-state index in [1.165, 1.54) is 4.88 Å². The number of fused-ring (bicyclic) bond motifs is 1. The van der Waals surface area contributed by atoms with E-state index in [-0.39, 0.29) is 11.8 Å². The Morgan fingerprint density at radius 1 is 1.42 bits per heavy atom. The molecule has 4 heterocycles. The average Bonchev–Trinajstić information content (AvgIpc) is 3.27. The molecule has 2 N–H and O–H groups in total. The van der Waals surface area contributed by atoms with Crippen molar-refractivity contribution in [2.24, 2.45) is 5.92 Å². The summed E-state index contributed by atoms with van der Waals surface area (Å²) in [7, 11) is 0. The maximum atomic E-state index is 12.5. The summed E-state index contributed by atoms with van der Waals surface area (Å²) in [5.41, 5.74) is 0.926. The van der Waals surface area contributed by atoms with Crippen LogP contribution in [0, 0.1) is 12.8 Å². The molecule has 24 heavy (non-hydrogen) atoms. The van der Waals surface area contributed by atoms with E-state index in [1.54, 1.807) is 17.7 Å². The number of aromatic nitrogens is 5. The average molecular weight is 342 g/mol. The third-order valence-electron chi connectivity index (χ3n) is 4.34. The number of aromatic amines is 1. The normalized spacial score (nSPS) is 17.3. The summed E-state index contributed by atoms with van der Waals surface area (Å²) in [6.07, 6.45) is 4.08. The molecule has 0 aromatic carbocycles. The number of hydrogen-bond acceptors (Lipinski definition) is 5. The first kappa shape index (κ1) is 15.1. The molecular weight excluding hydrogens is 324 g/mol. The van der Waals surface area contributed by atoms with E-state index in [0.717, 1.165) is 42.2 Å². The molecule has 0 fully saturated rings. The van der Waals surface area contributed by atoms with Crippen LogP contribution in [-0.2, 0) is 17.8 Å². The molecule has 3 aromatic heterocycles. The van der Waals surface area contributed by atoms with Crippen LogP contribution in [0.15, 0.2) is 24.5 Å². The van der Waals surface area contributed by atoms with Crippen LogP contribution in [0.1, 0.15) is 23.5 Å². The first-order chi connectivity index (χ1) is 11.7. The molecule has 7 nitrogen and oxygen atoms in total. The lowest BCUT2D eigenvalue weighted by Crippen LogP contribution is -2.23. The SMILES string of the molecule is Cc1ccc(-c2cc(NC(=O)C3CCc4nncn4CC3)n[nH]2)s1. The number of nitrogens with one attached hydrogen (secondary N) is 2. The zero-order valence-corrected chi connectivity index (χ0v) is 14.1. The van der Waals surface area contributed by atoms with E-state index in [2.05, 4.69) is 44.8 Å². The second-order valence-corrected chi connectivity index (χ2v) is 7.32. The minimum absolute atomic E-state index is 0.0223. The third-order valence-corrected chi connectivity index (χ3v) is 5.37. The smallest absolute Gasteiger partial charge is 0.228 e. The lowest BCUT2D eigenvalue weighted by molar-refractivity contribution is -0.120. The fourth-order valence-corrected chi connectivity index (χ4v) is 3.82. The number of amides is 1. The lowest BCUT2D eigenvalue weighted by atomic mass is 9.99. The van der Waals surface area contributed by atoms with Crippen molar-refractivity contribution in [1.82, 2.24) is 25.0 Å². The Labute approximate surface area is 143 Å². The van der Waals surface area contributed by atoms with Gasteiger partial charge in [0, 0.05) is 29.8 Å². The molecule has 0 radical (unpaired) electrons. The van der Waals surface area contributed by atoms with Crippen LogP contribution >= 0.6 is 11.3 Å². The lowest BCUT2D eigenvalue weighted by Gasteiger charge is -2.12. The molecule has 4 rings (SSSR count). The summed E-state index contributed by atoms with van der Waals surface area (Å²) in [4.78, 5) is 14.9. The highest BCUT2D eigenvalue weighted by atomic mass is 32.1. The number of aryl methyl sites for hydroxylation is 3. The molecule has 0 bridgehead atoms. The van der Waals surface area contributed by atoms with Gasteiger partial charge in [0.25, 0.3) is 0 Å². The van der Waals surface area contributed by atoms with Gasteiger partial charge in [-0.3, -0.25) is 9.89 Å². The summed E-state index contributed by atoms with van der Waals surface area (Å²) in [5.74, 6) is 1.52. The Morgan fingerprint density at radius 3 is 3.17 bits per heavy atom. The van der Waals surface area contributed by atoms with Crippen LogP contribution in [0.3, 0.4) is 0 Å². The van der Waals surface area contributed by atoms with Crippen molar-refractivity contribution >= 4 is 23.1 Å². The largest absolute Gasteiger partial charge is 0.318 e. The predicted molar refractivity (Wildman–Crippen MR) is 91.7 cm³/mol. The maximum absolute atomic E-state index is 12.5. The molecule has 1 atom stereocenters. The Hall–Kier alpha value is -2.48. The molecule has 0 saturated heterocycles. The van der Waals surface area contributed by atoms with Crippen molar-refractivity contribution in [1.29, 1.82) is 0 Å². The Kier molecular flexibility index (Phi) is 3.89. The number of nitrogens with zero attached hydrogens (tertiary/aromatic N) is 4. The fraction of sp³-hybridized carbons (Fsp3) is 0.375. The number of carbonyl (C=O) groups is 1. The van der Waals surface area contributed by atoms with E-state index >= 15 is 0 Å². The molecule has 0 aliphatic carbocycles. The molecular formula is C16H18N6OS. The number of thiophene rings is 1. The molecule has 3 aromatic rings. The van der Waals surface area contributed by atoms with Gasteiger partial charge in [-0.05, 0) is 31.9 Å². The standard InChI is InChI=1S/C16H18N6OS/c1-10-2-4-13(24-10)12-8-14(20-19-12)18-16(23)11-3-5-15-21-17-9-22(15)7-6-11/h2,4,8-9,11H,3,5-7H2,1H3,(H2,18,19,20,23).